The third kappa shape index (κ3) is 3.81. The zero-order chi connectivity index (χ0) is 13.1. The van der Waals surface area contributed by atoms with E-state index in [2.05, 4.69) is 50.0 Å². The molecule has 1 aliphatic rings. The lowest BCUT2D eigenvalue weighted by Gasteiger charge is -2.24. The highest BCUT2D eigenvalue weighted by molar-refractivity contribution is 7.11. The van der Waals surface area contributed by atoms with E-state index in [0.717, 1.165) is 0 Å². The van der Waals surface area contributed by atoms with E-state index in [1.807, 2.05) is 11.3 Å². The summed E-state index contributed by atoms with van der Waals surface area (Å²) in [5, 5.41) is 3.66. The van der Waals surface area contributed by atoms with Gasteiger partial charge in [0.25, 0.3) is 0 Å². The third-order valence-electron chi connectivity index (χ3n) is 3.70. The van der Waals surface area contributed by atoms with Gasteiger partial charge in [-0.3, -0.25) is 4.90 Å². The third-order valence-corrected chi connectivity index (χ3v) is 4.73. The maximum atomic E-state index is 3.66. The second-order valence-corrected chi connectivity index (χ2v) is 7.24. The first kappa shape index (κ1) is 14.0. The van der Waals surface area contributed by atoms with E-state index in [0.29, 0.717) is 18.1 Å². The molecule has 1 N–H and O–H groups in total. The second kappa shape index (κ2) is 6.18. The number of thiophene rings is 1. The Kier molecular flexibility index (Phi) is 4.82. The summed E-state index contributed by atoms with van der Waals surface area (Å²) in [6.45, 7) is 11.5. The van der Waals surface area contributed by atoms with Gasteiger partial charge in [0.05, 0.1) is 0 Å². The van der Waals surface area contributed by atoms with Crippen LogP contribution < -0.4 is 5.32 Å². The first-order chi connectivity index (χ1) is 8.54. The molecule has 0 spiro atoms. The number of nitrogens with one attached hydrogen (secondary N) is 1. The van der Waals surface area contributed by atoms with E-state index < -0.39 is 0 Å². The first-order valence-electron chi connectivity index (χ1n) is 7.10. The molecule has 0 radical (unpaired) electrons. The Morgan fingerprint density at radius 2 is 2.17 bits per heavy atom. The highest BCUT2D eigenvalue weighted by atomic mass is 32.1. The molecule has 0 bridgehead atoms. The summed E-state index contributed by atoms with van der Waals surface area (Å²) in [6, 6.07) is 6.49. The number of rotatable bonds is 5. The van der Waals surface area contributed by atoms with Crippen LogP contribution >= 0.6 is 11.3 Å². The Labute approximate surface area is 115 Å². The smallest absolute Gasteiger partial charge is 0.0209 e. The Morgan fingerprint density at radius 3 is 2.78 bits per heavy atom. The SMILES string of the molecule is Cc1ccc(CC(C)N2CCC(NC(C)C)C2)s1. The van der Waals surface area contributed by atoms with Crippen LogP contribution in [0.4, 0.5) is 0 Å². The monoisotopic (exact) mass is 266 g/mol. The molecule has 2 heterocycles. The number of hydrogen-bond acceptors (Lipinski definition) is 3. The van der Waals surface area contributed by atoms with Gasteiger partial charge >= 0.3 is 0 Å². The summed E-state index contributed by atoms with van der Waals surface area (Å²) >= 11 is 1.94. The van der Waals surface area contributed by atoms with Crippen molar-refractivity contribution in [1.29, 1.82) is 0 Å². The van der Waals surface area contributed by atoms with Crippen LogP contribution in [-0.2, 0) is 6.42 Å². The summed E-state index contributed by atoms with van der Waals surface area (Å²) in [4.78, 5) is 5.59. The van der Waals surface area contributed by atoms with Crippen LogP contribution in [0.15, 0.2) is 12.1 Å². The summed E-state index contributed by atoms with van der Waals surface area (Å²) < 4.78 is 0. The summed E-state index contributed by atoms with van der Waals surface area (Å²) in [7, 11) is 0. The fourth-order valence-corrected chi connectivity index (χ4v) is 3.82. The van der Waals surface area contributed by atoms with Crippen molar-refractivity contribution < 1.29 is 0 Å². The Hall–Kier alpha value is -0.380. The average Bonchev–Trinajstić information content (AvgIpc) is 2.87. The zero-order valence-corrected chi connectivity index (χ0v) is 12.9. The molecule has 2 unspecified atom stereocenters. The first-order valence-corrected chi connectivity index (χ1v) is 7.91. The Balaban J connectivity index is 1.82. The van der Waals surface area contributed by atoms with Gasteiger partial charge in [0, 0.05) is 41.0 Å². The minimum atomic E-state index is 0.602. The van der Waals surface area contributed by atoms with E-state index in [9.17, 15) is 0 Å². The minimum Gasteiger partial charge on any atom is -0.310 e. The topological polar surface area (TPSA) is 15.3 Å². The molecule has 2 atom stereocenters. The molecule has 18 heavy (non-hydrogen) atoms. The maximum absolute atomic E-state index is 3.66. The van der Waals surface area contributed by atoms with Gasteiger partial charge in [-0.05, 0) is 38.8 Å². The molecular formula is C15H26N2S. The van der Waals surface area contributed by atoms with Crippen LogP contribution in [0.3, 0.4) is 0 Å². The highest BCUT2D eigenvalue weighted by Gasteiger charge is 2.26. The standard InChI is InChI=1S/C15H26N2S/c1-11(2)16-14-7-8-17(10-14)12(3)9-15-6-5-13(4)18-15/h5-6,11-12,14,16H,7-10H2,1-4H3. The van der Waals surface area contributed by atoms with Gasteiger partial charge in [0.2, 0.25) is 0 Å². The van der Waals surface area contributed by atoms with Crippen molar-refractivity contribution in [3.8, 4) is 0 Å². The molecule has 2 rings (SSSR count). The largest absolute Gasteiger partial charge is 0.310 e. The zero-order valence-electron chi connectivity index (χ0n) is 12.1. The average molecular weight is 266 g/mol. The van der Waals surface area contributed by atoms with Crippen LogP contribution in [0.2, 0.25) is 0 Å². The fourth-order valence-electron chi connectivity index (χ4n) is 2.81. The van der Waals surface area contributed by atoms with Gasteiger partial charge in [0.15, 0.2) is 0 Å². The van der Waals surface area contributed by atoms with E-state index in [1.54, 1.807) is 0 Å². The normalized spacial score (nSPS) is 22.8. The fraction of sp³-hybridized carbons (Fsp3) is 0.733. The molecule has 1 aromatic heterocycles. The molecule has 0 aliphatic carbocycles. The van der Waals surface area contributed by atoms with Gasteiger partial charge in [-0.1, -0.05) is 13.8 Å². The molecule has 0 saturated carbocycles. The molecule has 1 saturated heterocycles. The number of hydrogen-bond donors (Lipinski definition) is 1. The number of aryl methyl sites for hydroxylation is 1. The van der Waals surface area contributed by atoms with Crippen LogP contribution in [0, 0.1) is 6.92 Å². The van der Waals surface area contributed by atoms with Crippen LogP contribution in [0.5, 0.6) is 0 Å². The maximum Gasteiger partial charge on any atom is 0.0209 e. The molecule has 3 heteroatoms. The van der Waals surface area contributed by atoms with Crippen molar-refractivity contribution >= 4 is 11.3 Å². The van der Waals surface area contributed by atoms with Crippen molar-refractivity contribution in [3.63, 3.8) is 0 Å². The lowest BCUT2D eigenvalue weighted by atomic mass is 10.2. The number of likely N-dealkylation sites (tertiary alicyclic amines) is 1. The van der Waals surface area contributed by atoms with Crippen molar-refractivity contribution in [2.75, 3.05) is 13.1 Å². The van der Waals surface area contributed by atoms with Crippen LogP contribution in [-0.4, -0.2) is 36.1 Å². The minimum absolute atomic E-state index is 0.602. The van der Waals surface area contributed by atoms with Crippen LogP contribution in [0.25, 0.3) is 0 Å². The summed E-state index contributed by atoms with van der Waals surface area (Å²) in [5.74, 6) is 0. The number of nitrogens with zero attached hydrogens (tertiary/aromatic N) is 1. The highest BCUT2D eigenvalue weighted by Crippen LogP contribution is 2.21. The Bertz CT molecular complexity index is 372. The molecule has 1 aromatic rings. The molecule has 1 fully saturated rings. The van der Waals surface area contributed by atoms with E-state index >= 15 is 0 Å². The lowest BCUT2D eigenvalue weighted by molar-refractivity contribution is 0.250. The summed E-state index contributed by atoms with van der Waals surface area (Å²) in [6.07, 6.45) is 2.50. The van der Waals surface area contributed by atoms with Crippen molar-refractivity contribution in [1.82, 2.24) is 10.2 Å². The van der Waals surface area contributed by atoms with Crippen molar-refractivity contribution in [2.24, 2.45) is 0 Å². The van der Waals surface area contributed by atoms with Crippen molar-refractivity contribution in [2.45, 2.75) is 58.7 Å². The molecule has 2 nitrogen and oxygen atoms in total. The van der Waals surface area contributed by atoms with Gasteiger partial charge < -0.3 is 5.32 Å². The Morgan fingerprint density at radius 1 is 1.39 bits per heavy atom. The summed E-state index contributed by atoms with van der Waals surface area (Å²) in [5.41, 5.74) is 0. The van der Waals surface area contributed by atoms with Gasteiger partial charge in [0.1, 0.15) is 0 Å². The van der Waals surface area contributed by atoms with E-state index in [-0.39, 0.29) is 0 Å². The molecule has 102 valence electrons. The van der Waals surface area contributed by atoms with Gasteiger partial charge in [-0.15, -0.1) is 11.3 Å². The molecule has 0 amide bonds. The van der Waals surface area contributed by atoms with E-state index in [4.69, 9.17) is 0 Å². The lowest BCUT2D eigenvalue weighted by Crippen LogP contribution is -2.39. The van der Waals surface area contributed by atoms with E-state index in [1.165, 1.54) is 35.7 Å². The second-order valence-electron chi connectivity index (χ2n) is 5.87. The predicted molar refractivity (Wildman–Crippen MR) is 80.5 cm³/mol. The van der Waals surface area contributed by atoms with Gasteiger partial charge in [-0.25, -0.2) is 0 Å². The molecule has 0 aromatic carbocycles. The van der Waals surface area contributed by atoms with Gasteiger partial charge in [-0.2, -0.15) is 0 Å². The van der Waals surface area contributed by atoms with Crippen LogP contribution in [0.1, 0.15) is 36.9 Å². The molecule has 1 aliphatic heterocycles. The quantitative estimate of drug-likeness (QED) is 0.881. The predicted octanol–water partition coefficient (Wildman–Crippen LogP) is 3.06. The molecular weight excluding hydrogens is 240 g/mol. The van der Waals surface area contributed by atoms with Crippen molar-refractivity contribution in [3.05, 3.63) is 21.9 Å².